The summed E-state index contributed by atoms with van der Waals surface area (Å²) in [4.78, 5) is 27.8. The van der Waals surface area contributed by atoms with Gasteiger partial charge in [0.15, 0.2) is 0 Å². The summed E-state index contributed by atoms with van der Waals surface area (Å²) in [6.45, 7) is 3.35. The second kappa shape index (κ2) is 7.90. The molecule has 0 atom stereocenters. The number of hydrogen-bond acceptors (Lipinski definition) is 7. The summed E-state index contributed by atoms with van der Waals surface area (Å²) in [5.41, 5.74) is 1.39. The zero-order valence-electron chi connectivity index (χ0n) is 10.3. The summed E-state index contributed by atoms with van der Waals surface area (Å²) in [6, 6.07) is 1.58. The number of ketones is 2. The molecule has 0 amide bonds. The first kappa shape index (κ1) is 16.5. The Hall–Kier alpha value is -0.550. The molecule has 0 spiro atoms. The van der Waals surface area contributed by atoms with Crippen molar-refractivity contribution in [3.8, 4) is 0 Å². The molecule has 1 heterocycles. The summed E-state index contributed by atoms with van der Waals surface area (Å²) < 4.78 is 4.87. The molecule has 104 valence electrons. The number of rotatable bonds is 7. The minimum absolute atomic E-state index is 0.218. The predicted octanol–water partition coefficient (Wildman–Crippen LogP) is 2.70. The topological polar surface area (TPSA) is 85.7 Å². The van der Waals surface area contributed by atoms with Crippen LogP contribution < -0.4 is 0 Å². The van der Waals surface area contributed by atoms with Crippen molar-refractivity contribution in [1.82, 2.24) is 4.98 Å². The Morgan fingerprint density at radius 2 is 2.16 bits per heavy atom. The fourth-order valence-electron chi connectivity index (χ4n) is 1.57. The van der Waals surface area contributed by atoms with E-state index in [4.69, 9.17) is 5.26 Å². The quantitative estimate of drug-likeness (QED) is 0.144. The largest absolute Gasteiger partial charge is 0.290 e. The van der Waals surface area contributed by atoms with Crippen molar-refractivity contribution in [2.24, 2.45) is 0 Å². The first-order valence-corrected chi connectivity index (χ1v) is 7.54. The van der Waals surface area contributed by atoms with Crippen molar-refractivity contribution >= 4 is 46.2 Å². The average Bonchev–Trinajstić information content (AvgIpc) is 2.35. The van der Waals surface area contributed by atoms with Crippen LogP contribution in [-0.2, 0) is 14.2 Å². The van der Waals surface area contributed by atoms with E-state index in [9.17, 15) is 9.59 Å². The van der Waals surface area contributed by atoms with Crippen LogP contribution in [0.15, 0.2) is 11.1 Å². The van der Waals surface area contributed by atoms with E-state index in [2.05, 4.69) is 14.4 Å². The molecule has 8 heteroatoms. The van der Waals surface area contributed by atoms with E-state index in [1.54, 1.807) is 19.9 Å². The summed E-state index contributed by atoms with van der Waals surface area (Å²) in [6.07, 6.45) is 0.218. The molecule has 0 aliphatic carbocycles. The second-order valence-electron chi connectivity index (χ2n) is 3.65. The lowest BCUT2D eigenvalue weighted by Gasteiger charge is -2.09. The lowest BCUT2D eigenvalue weighted by atomic mass is 10.00. The number of Topliss-reactive ketones (excluding diaryl/α,β-unsaturated/α-hetero) is 2. The van der Waals surface area contributed by atoms with Gasteiger partial charge in [-0.25, -0.2) is 10.2 Å². The Morgan fingerprint density at radius 1 is 1.47 bits per heavy atom. The number of carbonyl (C=O) groups excluding carboxylic acids is 2. The molecule has 0 saturated heterocycles. The lowest BCUT2D eigenvalue weighted by Crippen LogP contribution is -2.18. The van der Waals surface area contributed by atoms with Crippen LogP contribution in [0.1, 0.15) is 28.0 Å². The van der Waals surface area contributed by atoms with Gasteiger partial charge in [-0.1, -0.05) is 27.6 Å². The number of hydrogen-bond donors (Lipinski definition) is 1. The van der Waals surface area contributed by atoms with E-state index < -0.39 is 11.6 Å². The van der Waals surface area contributed by atoms with E-state index in [0.29, 0.717) is 38.3 Å². The van der Waals surface area contributed by atoms with Crippen LogP contribution in [0.4, 0.5) is 0 Å². The van der Waals surface area contributed by atoms with E-state index in [-0.39, 0.29) is 6.42 Å². The van der Waals surface area contributed by atoms with Gasteiger partial charge >= 0.3 is 0 Å². The Balaban J connectivity index is 3.03. The van der Waals surface area contributed by atoms with Crippen molar-refractivity contribution < 1.29 is 24.2 Å². The second-order valence-corrected chi connectivity index (χ2v) is 5.45. The van der Waals surface area contributed by atoms with Gasteiger partial charge in [0.1, 0.15) is 5.03 Å². The van der Waals surface area contributed by atoms with Gasteiger partial charge in [-0.15, -0.1) is 4.33 Å². The summed E-state index contributed by atoms with van der Waals surface area (Å²) in [5.74, 6) is -0.937. The molecule has 0 bridgehead atoms. The number of aromatic nitrogens is 1. The monoisotopic (exact) mass is 397 g/mol. The molecule has 1 rings (SSSR count). The highest BCUT2D eigenvalue weighted by atomic mass is 127. The van der Waals surface area contributed by atoms with E-state index in [1.807, 2.05) is 22.6 Å². The molecule has 1 N–H and O–H groups in total. The van der Waals surface area contributed by atoms with Crippen LogP contribution in [0.5, 0.6) is 0 Å². The number of pyridine rings is 1. The van der Waals surface area contributed by atoms with Crippen molar-refractivity contribution in [3.63, 3.8) is 0 Å². The van der Waals surface area contributed by atoms with Gasteiger partial charge < -0.3 is 0 Å². The Bertz CT molecular complexity index is 471. The Morgan fingerprint density at radius 3 is 2.68 bits per heavy atom. The zero-order chi connectivity index (χ0) is 14.4. The SMILES string of the molecule is Cc1cc(SOOO)nc(C)c1C(=O)C(=O)CCI. The lowest BCUT2D eigenvalue weighted by molar-refractivity contribution is -0.432. The van der Waals surface area contributed by atoms with Gasteiger partial charge in [0.05, 0.1) is 17.7 Å². The predicted molar refractivity (Wildman–Crippen MR) is 77.2 cm³/mol. The van der Waals surface area contributed by atoms with Gasteiger partial charge in [0, 0.05) is 16.4 Å². The first-order chi connectivity index (χ1) is 9.01. The molecule has 0 radical (unpaired) electrons. The molecule has 1 aromatic heterocycles. The third kappa shape index (κ3) is 4.49. The van der Waals surface area contributed by atoms with Gasteiger partial charge in [-0.05, 0) is 25.5 Å². The molecule has 0 saturated carbocycles. The Kier molecular flexibility index (Phi) is 6.86. The molecular formula is C11H12INO5S. The maximum atomic E-state index is 12.0. The first-order valence-electron chi connectivity index (χ1n) is 5.27. The molecule has 0 fully saturated rings. The van der Waals surface area contributed by atoms with Crippen LogP contribution in [0.25, 0.3) is 0 Å². The fraction of sp³-hybridized carbons (Fsp3) is 0.364. The molecular weight excluding hydrogens is 385 g/mol. The maximum Gasteiger partial charge on any atom is 0.230 e. The highest BCUT2D eigenvalue weighted by Crippen LogP contribution is 2.22. The van der Waals surface area contributed by atoms with Crippen LogP contribution in [0.3, 0.4) is 0 Å². The van der Waals surface area contributed by atoms with Gasteiger partial charge in [0.2, 0.25) is 11.6 Å². The molecule has 6 nitrogen and oxygen atoms in total. The smallest absolute Gasteiger partial charge is 0.230 e. The van der Waals surface area contributed by atoms with Crippen molar-refractivity contribution in [2.45, 2.75) is 25.3 Å². The van der Waals surface area contributed by atoms with Gasteiger partial charge in [-0.3, -0.25) is 9.59 Å². The molecule has 0 aliphatic rings. The highest BCUT2D eigenvalue weighted by Gasteiger charge is 2.21. The minimum Gasteiger partial charge on any atom is -0.290 e. The minimum atomic E-state index is -0.518. The summed E-state index contributed by atoms with van der Waals surface area (Å²) in [7, 11) is 0. The van der Waals surface area contributed by atoms with Crippen LogP contribution in [0.2, 0.25) is 0 Å². The summed E-state index contributed by atoms with van der Waals surface area (Å²) >= 11 is 2.75. The van der Waals surface area contributed by atoms with E-state index in [1.165, 1.54) is 0 Å². The van der Waals surface area contributed by atoms with Crippen LogP contribution >= 0.6 is 34.6 Å². The summed E-state index contributed by atoms with van der Waals surface area (Å²) in [5, 5.41) is 12.0. The Labute approximate surface area is 128 Å². The van der Waals surface area contributed by atoms with Gasteiger partial charge in [0.25, 0.3) is 0 Å². The van der Waals surface area contributed by atoms with Crippen molar-refractivity contribution in [1.29, 1.82) is 0 Å². The molecule has 19 heavy (non-hydrogen) atoms. The average molecular weight is 397 g/mol. The molecule has 0 aromatic carbocycles. The number of carbonyl (C=O) groups is 2. The third-order valence-electron chi connectivity index (χ3n) is 2.33. The van der Waals surface area contributed by atoms with Gasteiger partial charge in [-0.2, -0.15) is 0 Å². The fourth-order valence-corrected chi connectivity index (χ4v) is 2.56. The van der Waals surface area contributed by atoms with Crippen LogP contribution in [0, 0.1) is 13.8 Å². The number of nitrogens with zero attached hydrogens (tertiary/aromatic N) is 1. The van der Waals surface area contributed by atoms with Crippen molar-refractivity contribution in [2.75, 3.05) is 4.43 Å². The zero-order valence-corrected chi connectivity index (χ0v) is 13.3. The maximum absolute atomic E-state index is 12.0. The van der Waals surface area contributed by atoms with Crippen LogP contribution in [-0.4, -0.2) is 26.2 Å². The molecule has 1 aromatic rings. The third-order valence-corrected chi connectivity index (χ3v) is 3.37. The molecule has 0 aliphatic heterocycles. The standard InChI is InChI=1S/C11H12INO5S/c1-6-5-9(19-18-17-16)13-7(2)10(6)11(15)8(14)3-4-12/h5,16H,3-4H2,1-2H3. The normalized spacial score (nSPS) is 10.5. The van der Waals surface area contributed by atoms with Crippen molar-refractivity contribution in [3.05, 3.63) is 22.9 Å². The van der Waals surface area contributed by atoms with E-state index >= 15 is 0 Å². The number of halogens is 1. The van der Waals surface area contributed by atoms with E-state index in [0.717, 1.165) is 0 Å². The highest BCUT2D eigenvalue weighted by molar-refractivity contribution is 14.1. The number of aryl methyl sites for hydroxylation is 2. The number of alkyl halides is 1. The molecule has 0 unspecified atom stereocenters.